The van der Waals surface area contributed by atoms with Gasteiger partial charge in [0.25, 0.3) is 5.69 Å². The number of nitro benzene ring substituents is 2. The van der Waals surface area contributed by atoms with Crippen molar-refractivity contribution >= 4 is 28.9 Å². The predicted octanol–water partition coefficient (Wildman–Crippen LogP) is 4.04. The third-order valence-electron chi connectivity index (χ3n) is 3.55. The van der Waals surface area contributed by atoms with Crippen molar-refractivity contribution in [3.05, 3.63) is 71.8 Å². The highest BCUT2D eigenvalue weighted by Crippen LogP contribution is 2.30. The SMILES string of the molecule is COc1cc(C(=O)O)c(C)cc1[N+](=O)[O-].Cc1cc([N+](=O)[O-])cc(Cl)c1C#N. The fraction of sp³-hybridized carbons (Fsp3) is 0.176. The van der Waals surface area contributed by atoms with Gasteiger partial charge in [-0.2, -0.15) is 5.26 Å². The molecule has 2 aromatic rings. The number of nitriles is 1. The van der Waals surface area contributed by atoms with Gasteiger partial charge in [-0.1, -0.05) is 11.6 Å². The minimum Gasteiger partial charge on any atom is -0.490 e. The Labute approximate surface area is 163 Å². The molecule has 2 aromatic carbocycles. The van der Waals surface area contributed by atoms with Gasteiger partial charge in [0, 0.05) is 24.3 Å². The number of nitrogens with zero attached hydrogens (tertiary/aromatic N) is 3. The largest absolute Gasteiger partial charge is 0.490 e. The van der Waals surface area contributed by atoms with Crippen molar-refractivity contribution in [2.24, 2.45) is 0 Å². The highest BCUT2D eigenvalue weighted by Gasteiger charge is 2.19. The Kier molecular flexibility index (Phi) is 7.41. The third kappa shape index (κ3) is 5.15. The van der Waals surface area contributed by atoms with Crippen LogP contribution < -0.4 is 4.74 Å². The summed E-state index contributed by atoms with van der Waals surface area (Å²) in [6.07, 6.45) is 0. The van der Waals surface area contributed by atoms with Crippen LogP contribution in [0.5, 0.6) is 5.75 Å². The molecule has 0 radical (unpaired) electrons. The number of benzene rings is 2. The molecule has 0 aliphatic rings. The molecule has 0 fully saturated rings. The van der Waals surface area contributed by atoms with E-state index in [1.165, 1.54) is 32.2 Å². The maximum Gasteiger partial charge on any atom is 0.336 e. The molecule has 10 nitrogen and oxygen atoms in total. The fourth-order valence-corrected chi connectivity index (χ4v) is 2.49. The normalized spacial score (nSPS) is 9.54. The van der Waals surface area contributed by atoms with Gasteiger partial charge in [-0.15, -0.1) is 0 Å². The van der Waals surface area contributed by atoms with Crippen LogP contribution in [0.15, 0.2) is 24.3 Å². The molecular weight excluding hydrogens is 394 g/mol. The molecule has 0 atom stereocenters. The van der Waals surface area contributed by atoms with Crippen LogP contribution in [-0.4, -0.2) is 28.0 Å². The standard InChI is InChI=1S/C9H9NO5.C8H5ClN2O2/c1-5-3-7(10(13)14)8(15-2)4-6(5)9(11)12;1-5-2-6(11(12)13)3-8(9)7(5)4-10/h3-4H,1-2H3,(H,11,12);2-3H,1H3. The maximum absolute atomic E-state index is 10.7. The molecule has 0 saturated heterocycles. The highest BCUT2D eigenvalue weighted by atomic mass is 35.5. The van der Waals surface area contributed by atoms with E-state index in [4.69, 9.17) is 26.7 Å². The van der Waals surface area contributed by atoms with Crippen LogP contribution in [0.1, 0.15) is 27.0 Å². The van der Waals surface area contributed by atoms with E-state index in [9.17, 15) is 25.0 Å². The molecule has 146 valence electrons. The number of ether oxygens (including phenoxy) is 1. The summed E-state index contributed by atoms with van der Waals surface area (Å²) in [5, 5.41) is 38.5. The summed E-state index contributed by atoms with van der Waals surface area (Å²) in [6, 6.07) is 6.70. The Hall–Kier alpha value is -3.71. The number of methoxy groups -OCH3 is 1. The third-order valence-corrected chi connectivity index (χ3v) is 3.85. The van der Waals surface area contributed by atoms with Crippen molar-refractivity contribution in [3.8, 4) is 11.8 Å². The summed E-state index contributed by atoms with van der Waals surface area (Å²) in [6.45, 7) is 3.10. The monoisotopic (exact) mass is 407 g/mol. The summed E-state index contributed by atoms with van der Waals surface area (Å²) in [4.78, 5) is 30.6. The molecule has 0 heterocycles. The van der Waals surface area contributed by atoms with Crippen LogP contribution in [-0.2, 0) is 0 Å². The van der Waals surface area contributed by atoms with E-state index >= 15 is 0 Å². The van der Waals surface area contributed by atoms with Gasteiger partial charge in [0.15, 0.2) is 5.75 Å². The van der Waals surface area contributed by atoms with Gasteiger partial charge < -0.3 is 9.84 Å². The summed E-state index contributed by atoms with van der Waals surface area (Å²) in [7, 11) is 1.25. The number of aromatic carboxylic acids is 1. The summed E-state index contributed by atoms with van der Waals surface area (Å²) in [5.41, 5.74) is 0.794. The fourth-order valence-electron chi connectivity index (χ4n) is 2.18. The topological polar surface area (TPSA) is 157 Å². The Balaban J connectivity index is 0.000000283. The lowest BCUT2D eigenvalue weighted by Crippen LogP contribution is -2.03. The highest BCUT2D eigenvalue weighted by molar-refractivity contribution is 6.32. The van der Waals surface area contributed by atoms with Crippen molar-refractivity contribution in [2.45, 2.75) is 13.8 Å². The maximum atomic E-state index is 10.7. The quantitative estimate of drug-likeness (QED) is 0.587. The molecule has 1 N–H and O–H groups in total. The lowest BCUT2D eigenvalue weighted by Gasteiger charge is -2.05. The van der Waals surface area contributed by atoms with Gasteiger partial charge in [-0.05, 0) is 25.0 Å². The number of rotatable bonds is 4. The smallest absolute Gasteiger partial charge is 0.336 e. The number of hydrogen-bond donors (Lipinski definition) is 1. The van der Waals surface area contributed by atoms with Crippen molar-refractivity contribution in [3.63, 3.8) is 0 Å². The van der Waals surface area contributed by atoms with Crippen molar-refractivity contribution < 1.29 is 24.5 Å². The molecule has 0 aliphatic carbocycles. The van der Waals surface area contributed by atoms with Gasteiger partial charge in [0.1, 0.15) is 6.07 Å². The Morgan fingerprint density at radius 3 is 2.14 bits per heavy atom. The second kappa shape index (κ2) is 9.29. The molecule has 0 saturated carbocycles. The first-order valence-corrected chi connectivity index (χ1v) is 7.82. The van der Waals surface area contributed by atoms with Crippen LogP contribution in [0.25, 0.3) is 0 Å². The lowest BCUT2D eigenvalue weighted by molar-refractivity contribution is -0.385. The zero-order chi connectivity index (χ0) is 21.6. The van der Waals surface area contributed by atoms with Crippen molar-refractivity contribution in [1.82, 2.24) is 0 Å². The number of carboxylic acid groups (broad SMARTS) is 1. The first-order valence-electron chi connectivity index (χ1n) is 7.44. The average Bonchev–Trinajstić information content (AvgIpc) is 2.61. The minimum absolute atomic E-state index is 0.00236. The molecule has 0 aliphatic heterocycles. The number of carboxylic acids is 1. The van der Waals surface area contributed by atoms with Gasteiger partial charge in [-0.3, -0.25) is 20.2 Å². The molecule has 0 aromatic heterocycles. The number of aryl methyl sites for hydroxylation is 2. The van der Waals surface area contributed by atoms with Crippen LogP contribution in [0.2, 0.25) is 5.02 Å². The van der Waals surface area contributed by atoms with Gasteiger partial charge >= 0.3 is 11.7 Å². The first-order chi connectivity index (χ1) is 13.0. The summed E-state index contributed by atoms with van der Waals surface area (Å²) < 4.78 is 4.75. The Bertz CT molecular complexity index is 976. The van der Waals surface area contributed by atoms with Gasteiger partial charge in [0.05, 0.1) is 33.1 Å². The molecular formula is C17H14ClN3O7. The van der Waals surface area contributed by atoms with E-state index in [0.29, 0.717) is 11.1 Å². The molecule has 28 heavy (non-hydrogen) atoms. The van der Waals surface area contributed by atoms with E-state index in [2.05, 4.69) is 0 Å². The van der Waals surface area contributed by atoms with Crippen LogP contribution in [0.4, 0.5) is 11.4 Å². The van der Waals surface area contributed by atoms with Crippen molar-refractivity contribution in [2.75, 3.05) is 7.11 Å². The Morgan fingerprint density at radius 2 is 1.75 bits per heavy atom. The van der Waals surface area contributed by atoms with E-state index in [-0.39, 0.29) is 33.3 Å². The predicted molar refractivity (Wildman–Crippen MR) is 98.9 cm³/mol. The molecule has 2 rings (SSSR count). The summed E-state index contributed by atoms with van der Waals surface area (Å²) >= 11 is 5.65. The molecule has 0 bridgehead atoms. The number of halogens is 1. The van der Waals surface area contributed by atoms with Crippen LogP contribution >= 0.6 is 11.6 Å². The zero-order valence-corrected chi connectivity index (χ0v) is 15.7. The number of hydrogen-bond acceptors (Lipinski definition) is 7. The minimum atomic E-state index is -1.14. The van der Waals surface area contributed by atoms with Gasteiger partial charge in [0.2, 0.25) is 0 Å². The molecule has 0 amide bonds. The first kappa shape index (κ1) is 22.3. The van der Waals surface area contributed by atoms with E-state index in [0.717, 1.165) is 6.07 Å². The van der Waals surface area contributed by atoms with E-state index in [1.807, 2.05) is 6.07 Å². The number of non-ortho nitro benzene ring substituents is 1. The molecule has 0 unspecified atom stereocenters. The zero-order valence-electron chi connectivity index (χ0n) is 14.9. The second-order valence-electron chi connectivity index (χ2n) is 5.39. The summed E-state index contributed by atoms with van der Waals surface area (Å²) in [5.74, 6) is -1.19. The molecule has 0 spiro atoms. The van der Waals surface area contributed by atoms with Crippen molar-refractivity contribution in [1.29, 1.82) is 5.26 Å². The van der Waals surface area contributed by atoms with Crippen LogP contribution in [0.3, 0.4) is 0 Å². The van der Waals surface area contributed by atoms with E-state index in [1.54, 1.807) is 6.92 Å². The number of nitro groups is 2. The number of carbonyl (C=O) groups is 1. The van der Waals surface area contributed by atoms with Crippen LogP contribution in [0, 0.1) is 45.4 Å². The second-order valence-corrected chi connectivity index (χ2v) is 5.80. The van der Waals surface area contributed by atoms with E-state index < -0.39 is 15.8 Å². The lowest BCUT2D eigenvalue weighted by atomic mass is 10.1. The van der Waals surface area contributed by atoms with Gasteiger partial charge in [-0.25, -0.2) is 4.79 Å². The Morgan fingerprint density at radius 1 is 1.14 bits per heavy atom. The molecule has 11 heteroatoms. The average molecular weight is 408 g/mol.